The Labute approximate surface area is 116 Å². The van der Waals surface area contributed by atoms with Crippen LogP contribution in [0.25, 0.3) is 0 Å². The summed E-state index contributed by atoms with van der Waals surface area (Å²) in [7, 11) is 0. The fourth-order valence-corrected chi connectivity index (χ4v) is 3.07. The zero-order valence-electron chi connectivity index (χ0n) is 12.3. The average molecular weight is 262 g/mol. The number of benzene rings is 1. The van der Waals surface area contributed by atoms with Crippen molar-refractivity contribution < 1.29 is 4.74 Å². The van der Waals surface area contributed by atoms with Crippen LogP contribution in [0.3, 0.4) is 0 Å². The molecule has 1 fully saturated rings. The Morgan fingerprint density at radius 1 is 1.42 bits per heavy atom. The lowest BCUT2D eigenvalue weighted by Gasteiger charge is -2.43. The number of hydrogen-bond donors (Lipinski definition) is 1. The molecule has 1 aliphatic rings. The van der Waals surface area contributed by atoms with Gasteiger partial charge in [-0.25, -0.2) is 0 Å². The van der Waals surface area contributed by atoms with Crippen molar-refractivity contribution in [2.45, 2.75) is 45.3 Å². The predicted octanol–water partition coefficient (Wildman–Crippen LogP) is 2.49. The molecule has 1 aromatic carbocycles. The molecule has 3 unspecified atom stereocenters. The van der Waals surface area contributed by atoms with E-state index in [0.717, 1.165) is 26.2 Å². The molecule has 2 rings (SSSR count). The van der Waals surface area contributed by atoms with E-state index in [1.807, 2.05) is 0 Å². The summed E-state index contributed by atoms with van der Waals surface area (Å²) in [4.78, 5) is 2.54. The van der Waals surface area contributed by atoms with Crippen LogP contribution in [0.1, 0.15) is 37.4 Å². The first-order chi connectivity index (χ1) is 9.15. The van der Waals surface area contributed by atoms with Crippen LogP contribution in [-0.2, 0) is 4.74 Å². The maximum Gasteiger partial charge on any atom is 0.0622 e. The van der Waals surface area contributed by atoms with Gasteiger partial charge in [0.25, 0.3) is 0 Å². The molecule has 3 nitrogen and oxygen atoms in total. The van der Waals surface area contributed by atoms with Crippen LogP contribution in [0, 0.1) is 6.92 Å². The highest BCUT2D eigenvalue weighted by Crippen LogP contribution is 2.30. The minimum Gasteiger partial charge on any atom is -0.378 e. The van der Waals surface area contributed by atoms with Crippen molar-refractivity contribution in [2.24, 2.45) is 5.73 Å². The Kier molecular flexibility index (Phi) is 4.97. The fourth-order valence-electron chi connectivity index (χ4n) is 3.07. The molecule has 106 valence electrons. The van der Waals surface area contributed by atoms with E-state index in [1.165, 1.54) is 11.1 Å². The Morgan fingerprint density at radius 2 is 2.16 bits per heavy atom. The Hall–Kier alpha value is -0.900. The zero-order valence-corrected chi connectivity index (χ0v) is 12.3. The lowest BCUT2D eigenvalue weighted by Crippen LogP contribution is -2.51. The number of rotatable bonds is 4. The van der Waals surface area contributed by atoms with Gasteiger partial charge in [-0.3, -0.25) is 4.90 Å². The monoisotopic (exact) mass is 262 g/mol. The van der Waals surface area contributed by atoms with Crippen LogP contribution < -0.4 is 5.73 Å². The third-order valence-corrected chi connectivity index (χ3v) is 4.11. The molecule has 0 spiro atoms. The van der Waals surface area contributed by atoms with Crippen molar-refractivity contribution in [3.63, 3.8) is 0 Å². The van der Waals surface area contributed by atoms with Gasteiger partial charge < -0.3 is 10.5 Å². The molecule has 1 saturated heterocycles. The van der Waals surface area contributed by atoms with E-state index in [2.05, 4.69) is 49.9 Å². The minimum atomic E-state index is 0.119. The number of hydrogen-bond acceptors (Lipinski definition) is 3. The van der Waals surface area contributed by atoms with Crippen molar-refractivity contribution in [1.82, 2.24) is 4.90 Å². The Morgan fingerprint density at radius 3 is 2.79 bits per heavy atom. The third-order valence-electron chi connectivity index (χ3n) is 4.11. The number of nitrogens with zero attached hydrogens (tertiary/aromatic N) is 1. The van der Waals surface area contributed by atoms with E-state index in [9.17, 15) is 0 Å². The maximum absolute atomic E-state index is 6.30. The van der Waals surface area contributed by atoms with Crippen molar-refractivity contribution in [1.29, 1.82) is 0 Å². The summed E-state index contributed by atoms with van der Waals surface area (Å²) in [5.74, 6) is 0. The van der Waals surface area contributed by atoms with Gasteiger partial charge >= 0.3 is 0 Å². The molecule has 0 saturated carbocycles. The Balaban J connectivity index is 2.32. The summed E-state index contributed by atoms with van der Waals surface area (Å²) in [6.45, 7) is 9.12. The second-order valence-electron chi connectivity index (χ2n) is 5.54. The van der Waals surface area contributed by atoms with Crippen LogP contribution in [0.2, 0.25) is 0 Å². The molecule has 19 heavy (non-hydrogen) atoms. The predicted molar refractivity (Wildman–Crippen MR) is 79.2 cm³/mol. The van der Waals surface area contributed by atoms with E-state index < -0.39 is 0 Å². The van der Waals surface area contributed by atoms with Gasteiger partial charge in [0.1, 0.15) is 0 Å². The molecule has 0 bridgehead atoms. The van der Waals surface area contributed by atoms with Gasteiger partial charge in [-0.1, -0.05) is 31.2 Å². The molecular formula is C16H26N2O. The molecule has 3 atom stereocenters. The summed E-state index contributed by atoms with van der Waals surface area (Å²) in [6.07, 6.45) is 1.11. The molecule has 1 heterocycles. The van der Waals surface area contributed by atoms with E-state index in [4.69, 9.17) is 10.5 Å². The van der Waals surface area contributed by atoms with Crippen LogP contribution in [0.5, 0.6) is 0 Å². The second-order valence-corrected chi connectivity index (χ2v) is 5.54. The number of aryl methyl sites for hydroxylation is 1. The summed E-state index contributed by atoms with van der Waals surface area (Å²) in [6, 6.07) is 9.47. The van der Waals surface area contributed by atoms with Gasteiger partial charge in [-0.15, -0.1) is 0 Å². The van der Waals surface area contributed by atoms with Gasteiger partial charge in [0.15, 0.2) is 0 Å². The van der Waals surface area contributed by atoms with Gasteiger partial charge in [0, 0.05) is 18.6 Å². The van der Waals surface area contributed by atoms with Crippen molar-refractivity contribution in [3.8, 4) is 0 Å². The molecule has 0 amide bonds. The highest BCUT2D eigenvalue weighted by molar-refractivity contribution is 5.30. The highest BCUT2D eigenvalue weighted by atomic mass is 16.5. The lowest BCUT2D eigenvalue weighted by molar-refractivity contribution is -0.0350. The molecule has 1 aromatic rings. The standard InChI is InChI=1S/C16H26N2O/c1-4-14-11-19-10-9-18(14)16(13(3)17)15-8-6-5-7-12(15)2/h5-8,13-14,16H,4,9-11,17H2,1-3H3. The minimum absolute atomic E-state index is 0.119. The molecule has 0 aliphatic carbocycles. The summed E-state index contributed by atoms with van der Waals surface area (Å²) in [5.41, 5.74) is 8.99. The lowest BCUT2D eigenvalue weighted by atomic mass is 9.93. The molecule has 0 aromatic heterocycles. The molecule has 1 aliphatic heterocycles. The largest absolute Gasteiger partial charge is 0.378 e. The molecular weight excluding hydrogens is 236 g/mol. The quantitative estimate of drug-likeness (QED) is 0.906. The summed E-state index contributed by atoms with van der Waals surface area (Å²) >= 11 is 0. The molecule has 0 radical (unpaired) electrons. The average Bonchev–Trinajstić information content (AvgIpc) is 2.41. The summed E-state index contributed by atoms with van der Waals surface area (Å²) < 4.78 is 5.62. The highest BCUT2D eigenvalue weighted by Gasteiger charge is 2.32. The SMILES string of the molecule is CCC1COCCN1C(c1ccccc1C)C(C)N. The molecule has 2 N–H and O–H groups in total. The van der Waals surface area contributed by atoms with Gasteiger partial charge in [-0.2, -0.15) is 0 Å². The number of nitrogens with two attached hydrogens (primary N) is 1. The van der Waals surface area contributed by atoms with Gasteiger partial charge in [0.05, 0.1) is 19.3 Å². The first kappa shape index (κ1) is 14.5. The maximum atomic E-state index is 6.30. The van der Waals surface area contributed by atoms with Gasteiger partial charge in [-0.05, 0) is 31.4 Å². The zero-order chi connectivity index (χ0) is 13.8. The summed E-state index contributed by atoms with van der Waals surface area (Å²) in [5, 5.41) is 0. The van der Waals surface area contributed by atoms with E-state index in [-0.39, 0.29) is 12.1 Å². The topological polar surface area (TPSA) is 38.5 Å². The molecule has 3 heteroatoms. The Bertz CT molecular complexity index is 405. The van der Waals surface area contributed by atoms with Crippen LogP contribution in [0.15, 0.2) is 24.3 Å². The van der Waals surface area contributed by atoms with Crippen LogP contribution in [-0.4, -0.2) is 36.7 Å². The number of ether oxygens (including phenoxy) is 1. The third kappa shape index (κ3) is 3.16. The van der Waals surface area contributed by atoms with Gasteiger partial charge in [0.2, 0.25) is 0 Å². The fraction of sp³-hybridized carbons (Fsp3) is 0.625. The van der Waals surface area contributed by atoms with E-state index in [1.54, 1.807) is 0 Å². The van der Waals surface area contributed by atoms with Crippen LogP contribution in [0.4, 0.5) is 0 Å². The van der Waals surface area contributed by atoms with E-state index >= 15 is 0 Å². The van der Waals surface area contributed by atoms with Crippen LogP contribution >= 0.6 is 0 Å². The van der Waals surface area contributed by atoms with E-state index in [0.29, 0.717) is 6.04 Å². The first-order valence-corrected chi connectivity index (χ1v) is 7.29. The first-order valence-electron chi connectivity index (χ1n) is 7.29. The second kappa shape index (κ2) is 6.51. The number of morpholine rings is 1. The smallest absolute Gasteiger partial charge is 0.0622 e. The normalized spacial score (nSPS) is 24.1. The van der Waals surface area contributed by atoms with Crippen molar-refractivity contribution in [2.75, 3.05) is 19.8 Å². The van der Waals surface area contributed by atoms with Crippen molar-refractivity contribution in [3.05, 3.63) is 35.4 Å². The van der Waals surface area contributed by atoms with Crippen molar-refractivity contribution >= 4 is 0 Å².